The second-order valence-electron chi connectivity index (χ2n) is 13.3. The van der Waals surface area contributed by atoms with Crippen LogP contribution in [-0.4, -0.2) is 71.4 Å². The van der Waals surface area contributed by atoms with E-state index in [0.29, 0.717) is 78.1 Å². The van der Waals surface area contributed by atoms with Gasteiger partial charge in [-0.15, -0.1) is 0 Å². The molecule has 0 spiro atoms. The molecule has 54 heavy (non-hydrogen) atoms. The molecule has 1 aliphatic rings. The van der Waals surface area contributed by atoms with Crippen molar-refractivity contribution in [1.29, 1.82) is 0 Å². The van der Waals surface area contributed by atoms with Crippen molar-refractivity contribution in [3.05, 3.63) is 87.0 Å². The maximum Gasteiger partial charge on any atom is 0.342 e. The number of rotatable bonds is 10. The summed E-state index contributed by atoms with van der Waals surface area (Å²) in [5.74, 6) is -0.978. The van der Waals surface area contributed by atoms with E-state index >= 15 is 0 Å². The maximum atomic E-state index is 13.7. The van der Waals surface area contributed by atoms with Crippen molar-refractivity contribution < 1.29 is 43.5 Å². The molecule has 13 nitrogen and oxygen atoms in total. The predicted octanol–water partition coefficient (Wildman–Crippen LogP) is 5.96. The van der Waals surface area contributed by atoms with Crippen LogP contribution in [0.3, 0.4) is 0 Å². The van der Waals surface area contributed by atoms with Gasteiger partial charge in [0.15, 0.2) is 11.5 Å². The number of phenolic OH excluding ortho intramolecular Hbond substituents is 2. The van der Waals surface area contributed by atoms with Crippen LogP contribution in [0.15, 0.2) is 53.3 Å². The number of cyclic esters (lactones) is 1. The molecule has 1 aromatic heterocycles. The minimum Gasteiger partial charge on any atom is -0.507 e. The van der Waals surface area contributed by atoms with E-state index in [2.05, 4.69) is 10.3 Å². The molecule has 0 saturated carbocycles. The summed E-state index contributed by atoms with van der Waals surface area (Å²) >= 11 is 0. The van der Waals surface area contributed by atoms with Crippen LogP contribution in [0.1, 0.15) is 90.7 Å². The molecule has 1 aliphatic heterocycles. The number of carbonyl (C=O) groups is 3. The molecular formula is C41H47N3O10. The molecule has 3 aromatic carbocycles. The first-order valence-corrected chi connectivity index (χ1v) is 18.0. The zero-order valence-electron chi connectivity index (χ0n) is 31.3. The number of aromatic hydroxyl groups is 2. The number of ether oxygens (including phenoxy) is 4. The van der Waals surface area contributed by atoms with Crippen LogP contribution in [0, 0.1) is 6.92 Å². The fourth-order valence-corrected chi connectivity index (χ4v) is 6.73. The van der Waals surface area contributed by atoms with Gasteiger partial charge in [0, 0.05) is 49.9 Å². The van der Waals surface area contributed by atoms with Gasteiger partial charge in [0.05, 0.1) is 38.3 Å². The normalized spacial score (nSPS) is 16.4. The zero-order chi connectivity index (χ0) is 38.9. The molecule has 0 bridgehead atoms. The highest BCUT2D eigenvalue weighted by Gasteiger charge is 2.31. The lowest BCUT2D eigenvalue weighted by Crippen LogP contribution is -2.33. The highest BCUT2D eigenvalue weighted by molar-refractivity contribution is 5.98. The number of Topliss-reactive ketones (excluding diaryl/α,β-unsaturated/α-hetero) is 1. The van der Waals surface area contributed by atoms with Gasteiger partial charge in [0.1, 0.15) is 34.4 Å². The van der Waals surface area contributed by atoms with Gasteiger partial charge in [0.25, 0.3) is 5.56 Å². The lowest BCUT2D eigenvalue weighted by Gasteiger charge is -2.23. The molecule has 1 unspecified atom stereocenters. The van der Waals surface area contributed by atoms with Crippen LogP contribution >= 0.6 is 0 Å². The second kappa shape index (κ2) is 17.8. The summed E-state index contributed by atoms with van der Waals surface area (Å²) in [5.41, 5.74) is 0.789. The highest BCUT2D eigenvalue weighted by Crippen LogP contribution is 2.44. The molecule has 13 heteroatoms. The quantitative estimate of drug-likeness (QED) is 0.164. The van der Waals surface area contributed by atoms with Crippen molar-refractivity contribution in [3.8, 4) is 28.7 Å². The first-order chi connectivity index (χ1) is 25.9. The van der Waals surface area contributed by atoms with E-state index in [9.17, 15) is 29.4 Å². The van der Waals surface area contributed by atoms with Gasteiger partial charge in [-0.25, -0.2) is 9.78 Å². The minimum atomic E-state index is -0.913. The van der Waals surface area contributed by atoms with Gasteiger partial charge < -0.3 is 34.5 Å². The minimum absolute atomic E-state index is 0.0195. The van der Waals surface area contributed by atoms with Crippen molar-refractivity contribution >= 4 is 34.6 Å². The number of ketones is 1. The summed E-state index contributed by atoms with van der Waals surface area (Å²) in [6.07, 6.45) is 5.68. The molecule has 5 rings (SSSR count). The summed E-state index contributed by atoms with van der Waals surface area (Å²) in [6.45, 7) is 3.60. The fraction of sp³-hybridized carbons (Fsp3) is 0.390. The van der Waals surface area contributed by atoms with Gasteiger partial charge in [-0.1, -0.05) is 24.3 Å². The smallest absolute Gasteiger partial charge is 0.342 e. The maximum absolute atomic E-state index is 13.7. The third kappa shape index (κ3) is 9.02. The standard InChI is InChI=1S/C41H47N3O10/c1-24-10-9-13-28(45)12-8-6-7-11-27-20-33(46)38(39(48)37(27)41(50)54-24)30(26-14-16-29(51-3)17-15-26)22-36(47)42-18-19-44-25(2)43-32-23-35(53-5)34(52-4)21-31(32)40(44)49/h7,11,14-17,20-21,23-24,30,46,48H,6,8-10,12-13,18-19,22H2,1-5H3,(H,42,47)/b11-7+/t24-,30?/m0/s1. The zero-order valence-corrected chi connectivity index (χ0v) is 31.3. The van der Waals surface area contributed by atoms with Crippen LogP contribution in [0.4, 0.5) is 0 Å². The molecule has 286 valence electrons. The summed E-state index contributed by atoms with van der Waals surface area (Å²) in [7, 11) is 4.50. The summed E-state index contributed by atoms with van der Waals surface area (Å²) in [6, 6.07) is 11.4. The van der Waals surface area contributed by atoms with Gasteiger partial charge in [-0.05, 0) is 74.9 Å². The Morgan fingerprint density at radius 1 is 1.00 bits per heavy atom. The molecule has 3 N–H and O–H groups in total. The number of carbonyl (C=O) groups excluding carboxylic acids is 3. The lowest BCUT2D eigenvalue weighted by molar-refractivity contribution is -0.121. The van der Waals surface area contributed by atoms with Gasteiger partial charge in [0.2, 0.25) is 5.91 Å². The Balaban J connectivity index is 1.46. The Bertz CT molecular complexity index is 2110. The number of benzene rings is 3. The van der Waals surface area contributed by atoms with E-state index in [1.165, 1.54) is 32.0 Å². The number of esters is 1. The summed E-state index contributed by atoms with van der Waals surface area (Å²) in [4.78, 5) is 57.6. The fourth-order valence-electron chi connectivity index (χ4n) is 6.73. The molecule has 1 amide bonds. The Labute approximate surface area is 313 Å². The van der Waals surface area contributed by atoms with Crippen LogP contribution in [0.25, 0.3) is 17.0 Å². The first-order valence-electron chi connectivity index (χ1n) is 18.0. The van der Waals surface area contributed by atoms with Crippen molar-refractivity contribution in [1.82, 2.24) is 14.9 Å². The monoisotopic (exact) mass is 741 g/mol. The number of aromatic nitrogens is 2. The number of methoxy groups -OCH3 is 3. The third-order valence-electron chi connectivity index (χ3n) is 9.62. The Morgan fingerprint density at radius 3 is 2.41 bits per heavy atom. The molecule has 0 radical (unpaired) electrons. The molecule has 0 aliphatic carbocycles. The van der Waals surface area contributed by atoms with Crippen molar-refractivity contribution in [3.63, 3.8) is 0 Å². The van der Waals surface area contributed by atoms with Crippen molar-refractivity contribution in [2.75, 3.05) is 27.9 Å². The molecule has 4 aromatic rings. The molecule has 2 atom stereocenters. The number of phenols is 2. The number of amides is 1. The van der Waals surface area contributed by atoms with Gasteiger partial charge in [-0.3, -0.25) is 19.0 Å². The van der Waals surface area contributed by atoms with Crippen LogP contribution < -0.4 is 25.1 Å². The Morgan fingerprint density at radius 2 is 1.70 bits per heavy atom. The Kier molecular flexibility index (Phi) is 13.0. The molecule has 0 fully saturated rings. The molecule has 2 heterocycles. The molecular weight excluding hydrogens is 694 g/mol. The first kappa shape index (κ1) is 39.4. The van der Waals surface area contributed by atoms with Crippen molar-refractivity contribution in [2.45, 2.75) is 77.4 Å². The van der Waals surface area contributed by atoms with Gasteiger partial charge in [-0.2, -0.15) is 0 Å². The summed E-state index contributed by atoms with van der Waals surface area (Å²) in [5, 5.41) is 26.5. The average molecular weight is 742 g/mol. The number of allylic oxidation sites excluding steroid dienone is 1. The Hall–Kier alpha value is -5.85. The lowest BCUT2D eigenvalue weighted by atomic mass is 9.84. The predicted molar refractivity (Wildman–Crippen MR) is 203 cm³/mol. The van der Waals surface area contributed by atoms with Crippen LogP contribution in [0.2, 0.25) is 0 Å². The second-order valence-corrected chi connectivity index (χ2v) is 13.3. The third-order valence-corrected chi connectivity index (χ3v) is 9.62. The van der Waals surface area contributed by atoms with E-state index in [4.69, 9.17) is 18.9 Å². The number of aryl methyl sites for hydroxylation is 1. The SMILES string of the molecule is COc1ccc(C(CC(=O)NCCn2c(C)nc3cc(OC)c(OC)cc3c2=O)c2c(O)cc3c(c2O)C(=O)O[C@@H](C)CCCC(=O)CCC/C=C/3)cc1. The highest BCUT2D eigenvalue weighted by atomic mass is 16.5. The van der Waals surface area contributed by atoms with E-state index < -0.39 is 29.6 Å². The van der Waals surface area contributed by atoms with E-state index in [1.54, 1.807) is 62.4 Å². The largest absolute Gasteiger partial charge is 0.507 e. The number of nitrogens with one attached hydrogen (secondary N) is 1. The molecule has 0 saturated heterocycles. The van der Waals surface area contributed by atoms with E-state index in [-0.39, 0.29) is 53.3 Å². The van der Waals surface area contributed by atoms with Crippen LogP contribution in [-0.2, 0) is 20.9 Å². The summed E-state index contributed by atoms with van der Waals surface area (Å²) < 4.78 is 23.2. The van der Waals surface area contributed by atoms with E-state index in [1.807, 2.05) is 0 Å². The number of fused-ring (bicyclic) bond motifs is 2. The number of nitrogens with zero attached hydrogens (tertiary/aromatic N) is 2. The van der Waals surface area contributed by atoms with E-state index in [0.717, 1.165) is 0 Å². The van der Waals surface area contributed by atoms with Crippen molar-refractivity contribution in [2.24, 2.45) is 0 Å². The number of hydrogen-bond donors (Lipinski definition) is 3. The average Bonchev–Trinajstić information content (AvgIpc) is 3.14. The van der Waals surface area contributed by atoms with Crippen LogP contribution in [0.5, 0.6) is 28.7 Å². The topological polar surface area (TPSA) is 176 Å². The number of hydrogen-bond acceptors (Lipinski definition) is 11. The van der Waals surface area contributed by atoms with Gasteiger partial charge >= 0.3 is 5.97 Å².